The molecule has 0 saturated carbocycles. The number of aromatic nitrogens is 1. The van der Waals surface area contributed by atoms with Gasteiger partial charge in [-0.1, -0.05) is 23.4 Å². The van der Waals surface area contributed by atoms with Gasteiger partial charge in [-0.15, -0.1) is 0 Å². The Labute approximate surface area is 88.9 Å². The molecule has 3 heteroatoms. The number of nitrogens with zero attached hydrogens (tertiary/aromatic N) is 1. The van der Waals surface area contributed by atoms with Crippen LogP contribution in [0.25, 0.3) is 0 Å². The second-order valence-electron chi connectivity index (χ2n) is 4.09. The maximum atomic E-state index is 5.95. The van der Waals surface area contributed by atoms with E-state index >= 15 is 0 Å². The Morgan fingerprint density at radius 3 is 2.53 bits per heavy atom. The third-order valence-electron chi connectivity index (χ3n) is 2.69. The molecule has 1 aromatic carbocycles. The van der Waals surface area contributed by atoms with E-state index in [1.807, 2.05) is 30.3 Å². The summed E-state index contributed by atoms with van der Waals surface area (Å²) in [4.78, 5) is 0. The van der Waals surface area contributed by atoms with Crippen molar-refractivity contribution < 1.29 is 4.52 Å². The van der Waals surface area contributed by atoms with E-state index in [1.54, 1.807) is 6.20 Å². The fourth-order valence-corrected chi connectivity index (χ4v) is 1.74. The number of hydrogen-bond acceptors (Lipinski definition) is 3. The van der Waals surface area contributed by atoms with Crippen LogP contribution in [0.15, 0.2) is 41.1 Å². The molecule has 0 aliphatic heterocycles. The van der Waals surface area contributed by atoms with Gasteiger partial charge in [0.2, 0.25) is 0 Å². The number of anilines is 1. The van der Waals surface area contributed by atoms with E-state index in [0.29, 0.717) is 0 Å². The Morgan fingerprint density at radius 2 is 1.93 bits per heavy atom. The van der Waals surface area contributed by atoms with Crippen LogP contribution in [0, 0.1) is 0 Å². The van der Waals surface area contributed by atoms with Crippen molar-refractivity contribution in [2.45, 2.75) is 19.3 Å². The third-order valence-corrected chi connectivity index (χ3v) is 2.69. The van der Waals surface area contributed by atoms with Crippen molar-refractivity contribution in [3.8, 4) is 0 Å². The van der Waals surface area contributed by atoms with Crippen molar-refractivity contribution in [2.24, 2.45) is 0 Å². The monoisotopic (exact) mass is 202 g/mol. The molecule has 0 amide bonds. The molecule has 0 aliphatic carbocycles. The lowest BCUT2D eigenvalue weighted by atomic mass is 9.81. The summed E-state index contributed by atoms with van der Waals surface area (Å²) in [6, 6.07) is 9.68. The van der Waals surface area contributed by atoms with Gasteiger partial charge in [-0.25, -0.2) is 0 Å². The highest BCUT2D eigenvalue weighted by Crippen LogP contribution is 2.34. The Hall–Kier alpha value is -1.77. The molecule has 0 bridgehead atoms. The molecule has 3 nitrogen and oxygen atoms in total. The van der Waals surface area contributed by atoms with Gasteiger partial charge in [0.05, 0.1) is 11.6 Å². The number of rotatable bonds is 2. The predicted octanol–water partition coefficient (Wildman–Crippen LogP) is 2.58. The van der Waals surface area contributed by atoms with Gasteiger partial charge in [0.1, 0.15) is 5.76 Å². The lowest BCUT2D eigenvalue weighted by Crippen LogP contribution is -2.19. The molecule has 1 aromatic heterocycles. The van der Waals surface area contributed by atoms with Crippen LogP contribution in [0.3, 0.4) is 0 Å². The Kier molecular flexibility index (Phi) is 2.23. The zero-order valence-corrected chi connectivity index (χ0v) is 8.90. The Balaban J connectivity index is 2.51. The van der Waals surface area contributed by atoms with Crippen molar-refractivity contribution in [1.29, 1.82) is 0 Å². The second-order valence-corrected chi connectivity index (χ2v) is 4.09. The summed E-state index contributed by atoms with van der Waals surface area (Å²) in [5, 5.41) is 3.73. The quantitative estimate of drug-likeness (QED) is 0.761. The van der Waals surface area contributed by atoms with Crippen molar-refractivity contribution >= 4 is 5.69 Å². The molecular weight excluding hydrogens is 188 g/mol. The largest absolute Gasteiger partial charge is 0.398 e. The van der Waals surface area contributed by atoms with Gasteiger partial charge in [0.25, 0.3) is 0 Å². The van der Waals surface area contributed by atoms with Crippen LogP contribution in [0.5, 0.6) is 0 Å². The van der Waals surface area contributed by atoms with Crippen molar-refractivity contribution in [1.82, 2.24) is 5.16 Å². The maximum Gasteiger partial charge on any atom is 0.146 e. The zero-order chi connectivity index (χ0) is 10.9. The average molecular weight is 202 g/mol. The standard InChI is InChI=1S/C12H14N2O/c1-12(2,11-7-8-14-15-11)9-5-3-4-6-10(9)13/h3-8H,13H2,1-2H3. The van der Waals surface area contributed by atoms with Crippen molar-refractivity contribution in [3.63, 3.8) is 0 Å². The minimum atomic E-state index is -0.248. The summed E-state index contributed by atoms with van der Waals surface area (Å²) >= 11 is 0. The summed E-state index contributed by atoms with van der Waals surface area (Å²) in [5.74, 6) is 0.820. The molecule has 2 rings (SSSR count). The van der Waals surface area contributed by atoms with E-state index in [2.05, 4.69) is 19.0 Å². The van der Waals surface area contributed by atoms with E-state index in [0.717, 1.165) is 17.0 Å². The highest BCUT2D eigenvalue weighted by molar-refractivity contribution is 5.52. The van der Waals surface area contributed by atoms with Crippen LogP contribution < -0.4 is 5.73 Å². The van der Waals surface area contributed by atoms with Crippen LogP contribution in [0.2, 0.25) is 0 Å². The average Bonchev–Trinajstić information content (AvgIpc) is 2.71. The maximum absolute atomic E-state index is 5.95. The van der Waals surface area contributed by atoms with Crippen LogP contribution in [-0.2, 0) is 5.41 Å². The molecule has 1 heterocycles. The van der Waals surface area contributed by atoms with Gasteiger partial charge in [-0.3, -0.25) is 0 Å². The highest BCUT2D eigenvalue weighted by atomic mass is 16.5. The first-order chi connectivity index (χ1) is 7.12. The molecule has 78 valence electrons. The zero-order valence-electron chi connectivity index (χ0n) is 8.90. The molecule has 15 heavy (non-hydrogen) atoms. The Morgan fingerprint density at radius 1 is 1.20 bits per heavy atom. The smallest absolute Gasteiger partial charge is 0.146 e. The molecule has 0 atom stereocenters. The first-order valence-corrected chi connectivity index (χ1v) is 4.88. The lowest BCUT2D eigenvalue weighted by Gasteiger charge is -2.23. The lowest BCUT2D eigenvalue weighted by molar-refractivity contribution is 0.341. The minimum Gasteiger partial charge on any atom is -0.398 e. The fourth-order valence-electron chi connectivity index (χ4n) is 1.74. The summed E-state index contributed by atoms with van der Waals surface area (Å²) in [6.45, 7) is 4.14. The number of nitrogen functional groups attached to an aromatic ring is 1. The van der Waals surface area contributed by atoms with Crippen LogP contribution in [0.4, 0.5) is 5.69 Å². The molecule has 2 aromatic rings. The summed E-state index contributed by atoms with van der Waals surface area (Å²) in [6.07, 6.45) is 1.65. The number of para-hydroxylation sites is 1. The van der Waals surface area contributed by atoms with Gasteiger partial charge in [0, 0.05) is 11.8 Å². The molecule has 2 N–H and O–H groups in total. The molecule has 0 saturated heterocycles. The summed E-state index contributed by atoms with van der Waals surface area (Å²) < 4.78 is 5.20. The van der Waals surface area contributed by atoms with E-state index in [9.17, 15) is 0 Å². The normalized spacial score (nSPS) is 11.6. The minimum absolute atomic E-state index is 0.248. The molecule has 0 spiro atoms. The van der Waals surface area contributed by atoms with Crippen LogP contribution in [-0.4, -0.2) is 5.16 Å². The summed E-state index contributed by atoms with van der Waals surface area (Å²) in [5.41, 5.74) is 7.54. The first-order valence-electron chi connectivity index (χ1n) is 4.88. The van der Waals surface area contributed by atoms with E-state index in [4.69, 9.17) is 10.3 Å². The SMILES string of the molecule is CC(C)(c1ccno1)c1ccccc1N. The van der Waals surface area contributed by atoms with Crippen LogP contribution in [0.1, 0.15) is 25.2 Å². The topological polar surface area (TPSA) is 52.0 Å². The van der Waals surface area contributed by atoms with Gasteiger partial charge in [-0.2, -0.15) is 0 Å². The molecule has 0 aliphatic rings. The third kappa shape index (κ3) is 1.61. The summed E-state index contributed by atoms with van der Waals surface area (Å²) in [7, 11) is 0. The van der Waals surface area contributed by atoms with Gasteiger partial charge in [-0.05, 0) is 25.5 Å². The number of benzene rings is 1. The van der Waals surface area contributed by atoms with Crippen molar-refractivity contribution in [3.05, 3.63) is 47.9 Å². The molecular formula is C12H14N2O. The molecule has 0 unspecified atom stereocenters. The number of nitrogens with two attached hydrogens (primary N) is 1. The number of hydrogen-bond donors (Lipinski definition) is 1. The fraction of sp³-hybridized carbons (Fsp3) is 0.250. The predicted molar refractivity (Wildman–Crippen MR) is 59.5 cm³/mol. The highest BCUT2D eigenvalue weighted by Gasteiger charge is 2.28. The van der Waals surface area contributed by atoms with Crippen molar-refractivity contribution in [2.75, 3.05) is 5.73 Å². The van der Waals surface area contributed by atoms with Gasteiger partial charge < -0.3 is 10.3 Å². The van der Waals surface area contributed by atoms with E-state index in [1.165, 1.54) is 0 Å². The molecule has 0 fully saturated rings. The Bertz CT molecular complexity index is 446. The van der Waals surface area contributed by atoms with Gasteiger partial charge in [0.15, 0.2) is 0 Å². The van der Waals surface area contributed by atoms with Crippen LogP contribution >= 0.6 is 0 Å². The van der Waals surface area contributed by atoms with E-state index < -0.39 is 0 Å². The van der Waals surface area contributed by atoms with Gasteiger partial charge >= 0.3 is 0 Å². The second kappa shape index (κ2) is 3.42. The van der Waals surface area contributed by atoms with E-state index in [-0.39, 0.29) is 5.41 Å². The molecule has 0 radical (unpaired) electrons. The first kappa shape index (κ1) is 9.77.